The van der Waals surface area contributed by atoms with E-state index in [1.165, 1.54) is 18.5 Å². The number of hydrogen-bond acceptors (Lipinski definition) is 3. The fourth-order valence-electron chi connectivity index (χ4n) is 3.29. The summed E-state index contributed by atoms with van der Waals surface area (Å²) in [6.07, 6.45) is 4.15. The maximum Gasteiger partial charge on any atom is 0.315 e. The molecule has 0 radical (unpaired) electrons. The van der Waals surface area contributed by atoms with Crippen molar-refractivity contribution in [2.75, 3.05) is 24.6 Å². The number of carbonyl (C=O) groups is 1. The molecule has 1 heterocycles. The average molecular weight is 333 g/mol. The van der Waals surface area contributed by atoms with Gasteiger partial charge in [-0.2, -0.15) is 0 Å². The molecule has 0 aliphatic carbocycles. The summed E-state index contributed by atoms with van der Waals surface area (Å²) in [4.78, 5) is 14.7. The zero-order valence-corrected chi connectivity index (χ0v) is 15.1. The molecule has 0 spiro atoms. The van der Waals surface area contributed by atoms with E-state index in [1.54, 1.807) is 0 Å². The minimum absolute atomic E-state index is 0.0624. The molecule has 0 aromatic heterocycles. The Morgan fingerprint density at radius 2 is 2.08 bits per heavy atom. The smallest absolute Gasteiger partial charge is 0.315 e. The van der Waals surface area contributed by atoms with Crippen molar-refractivity contribution in [1.82, 2.24) is 10.6 Å². The van der Waals surface area contributed by atoms with Gasteiger partial charge in [0.1, 0.15) is 0 Å². The maximum atomic E-state index is 12.3. The van der Waals surface area contributed by atoms with Crippen LogP contribution in [-0.4, -0.2) is 36.4 Å². The van der Waals surface area contributed by atoms with Gasteiger partial charge in [0.25, 0.3) is 0 Å². The highest BCUT2D eigenvalue weighted by Crippen LogP contribution is 2.24. The van der Waals surface area contributed by atoms with Crippen molar-refractivity contribution in [3.63, 3.8) is 0 Å². The number of nitrogens with one attached hydrogen (secondary N) is 2. The molecule has 24 heavy (non-hydrogen) atoms. The van der Waals surface area contributed by atoms with Gasteiger partial charge in [-0.25, -0.2) is 4.79 Å². The van der Waals surface area contributed by atoms with Gasteiger partial charge >= 0.3 is 6.03 Å². The lowest BCUT2D eigenvalue weighted by atomic mass is 9.97. The third-order valence-corrected chi connectivity index (χ3v) is 4.76. The summed E-state index contributed by atoms with van der Waals surface area (Å²) in [6.45, 7) is 8.05. The van der Waals surface area contributed by atoms with Crippen LogP contribution >= 0.6 is 0 Å². The van der Waals surface area contributed by atoms with Crippen LogP contribution in [0, 0.1) is 0 Å². The number of aliphatic hydroxyl groups is 1. The zero-order chi connectivity index (χ0) is 17.6. The highest BCUT2D eigenvalue weighted by molar-refractivity contribution is 5.75. The molecular weight excluding hydrogens is 302 g/mol. The van der Waals surface area contributed by atoms with Crippen LogP contribution in [0.15, 0.2) is 24.3 Å². The zero-order valence-electron chi connectivity index (χ0n) is 15.1. The Balaban J connectivity index is 1.97. The van der Waals surface area contributed by atoms with Crippen molar-refractivity contribution in [2.24, 2.45) is 0 Å². The second kappa shape index (κ2) is 8.38. The summed E-state index contributed by atoms with van der Waals surface area (Å²) >= 11 is 0. The van der Waals surface area contributed by atoms with Crippen molar-refractivity contribution in [3.8, 4) is 0 Å². The number of anilines is 1. The average Bonchev–Trinajstić information content (AvgIpc) is 3.09. The van der Waals surface area contributed by atoms with Gasteiger partial charge in [-0.15, -0.1) is 0 Å². The van der Waals surface area contributed by atoms with Crippen molar-refractivity contribution >= 4 is 11.7 Å². The molecule has 1 aliphatic rings. The molecule has 5 heteroatoms. The Morgan fingerprint density at radius 3 is 2.71 bits per heavy atom. The summed E-state index contributed by atoms with van der Waals surface area (Å²) in [7, 11) is 0. The number of amides is 2. The van der Waals surface area contributed by atoms with Gasteiger partial charge < -0.3 is 20.6 Å². The van der Waals surface area contributed by atoms with E-state index in [0.29, 0.717) is 0 Å². The van der Waals surface area contributed by atoms with E-state index in [2.05, 4.69) is 27.7 Å². The van der Waals surface area contributed by atoms with Crippen molar-refractivity contribution in [3.05, 3.63) is 29.8 Å². The molecule has 1 saturated heterocycles. The molecule has 2 atom stereocenters. The summed E-state index contributed by atoms with van der Waals surface area (Å²) in [5, 5.41) is 15.4. The Morgan fingerprint density at radius 1 is 1.38 bits per heavy atom. The van der Waals surface area contributed by atoms with Crippen LogP contribution in [0.5, 0.6) is 0 Å². The second-order valence-electron chi connectivity index (χ2n) is 7.08. The number of rotatable bonds is 7. The van der Waals surface area contributed by atoms with Crippen LogP contribution < -0.4 is 15.5 Å². The lowest BCUT2D eigenvalue weighted by molar-refractivity contribution is 0.162. The normalized spacial score (nSPS) is 18.1. The second-order valence-corrected chi connectivity index (χ2v) is 7.08. The molecule has 5 nitrogen and oxygen atoms in total. The summed E-state index contributed by atoms with van der Waals surface area (Å²) in [5.74, 6) is 0. The van der Waals surface area contributed by atoms with E-state index in [0.717, 1.165) is 31.5 Å². The molecular formula is C19H31N3O2. The summed E-state index contributed by atoms with van der Waals surface area (Å²) in [6, 6.07) is 8.06. The van der Waals surface area contributed by atoms with Gasteiger partial charge in [0.05, 0.1) is 18.2 Å². The third-order valence-electron chi connectivity index (χ3n) is 4.76. The highest BCUT2D eigenvalue weighted by atomic mass is 16.3. The maximum absolute atomic E-state index is 12.3. The van der Waals surface area contributed by atoms with Crippen LogP contribution in [0.3, 0.4) is 0 Å². The Labute approximate surface area is 145 Å². The van der Waals surface area contributed by atoms with Crippen LogP contribution in [0.4, 0.5) is 10.5 Å². The molecule has 1 aromatic rings. The molecule has 3 N–H and O–H groups in total. The molecule has 1 aliphatic heterocycles. The molecule has 2 rings (SSSR count). The van der Waals surface area contributed by atoms with Gasteiger partial charge in [-0.05, 0) is 50.8 Å². The Bertz CT molecular complexity index is 543. The van der Waals surface area contributed by atoms with Crippen molar-refractivity contribution < 1.29 is 9.90 Å². The molecule has 2 amide bonds. The first-order valence-electron chi connectivity index (χ1n) is 9.02. The van der Waals surface area contributed by atoms with E-state index < -0.39 is 5.54 Å². The number of aliphatic hydroxyl groups excluding tert-OH is 1. The fourth-order valence-corrected chi connectivity index (χ4v) is 3.29. The van der Waals surface area contributed by atoms with Crippen LogP contribution in [0.2, 0.25) is 0 Å². The molecule has 0 bridgehead atoms. The minimum atomic E-state index is -0.573. The molecule has 1 aromatic carbocycles. The summed E-state index contributed by atoms with van der Waals surface area (Å²) < 4.78 is 0. The third kappa shape index (κ3) is 4.87. The van der Waals surface area contributed by atoms with E-state index in [-0.39, 0.29) is 18.7 Å². The van der Waals surface area contributed by atoms with Crippen molar-refractivity contribution in [1.29, 1.82) is 0 Å². The van der Waals surface area contributed by atoms with E-state index in [1.807, 2.05) is 32.9 Å². The SMILES string of the molecule is CCCC(C)(CO)NC(=O)NC(C)c1cccc(N2CCCC2)c1. The molecule has 2 unspecified atom stereocenters. The lowest BCUT2D eigenvalue weighted by Gasteiger charge is -2.29. The number of benzene rings is 1. The number of urea groups is 1. The van der Waals surface area contributed by atoms with Crippen LogP contribution in [0.25, 0.3) is 0 Å². The van der Waals surface area contributed by atoms with Gasteiger partial charge in [0, 0.05) is 18.8 Å². The van der Waals surface area contributed by atoms with Gasteiger partial charge in [0.2, 0.25) is 0 Å². The fraction of sp³-hybridized carbons (Fsp3) is 0.632. The van der Waals surface area contributed by atoms with E-state index >= 15 is 0 Å². The van der Waals surface area contributed by atoms with Gasteiger partial charge in [-0.3, -0.25) is 0 Å². The van der Waals surface area contributed by atoms with Crippen molar-refractivity contribution in [2.45, 2.75) is 58.0 Å². The largest absolute Gasteiger partial charge is 0.394 e. The topological polar surface area (TPSA) is 64.6 Å². The Kier molecular flexibility index (Phi) is 6.49. The first-order valence-corrected chi connectivity index (χ1v) is 9.02. The summed E-state index contributed by atoms with van der Waals surface area (Å²) in [5.41, 5.74) is 1.75. The minimum Gasteiger partial charge on any atom is -0.394 e. The van der Waals surface area contributed by atoms with Gasteiger partial charge in [0.15, 0.2) is 0 Å². The highest BCUT2D eigenvalue weighted by Gasteiger charge is 2.25. The van der Waals surface area contributed by atoms with E-state index in [9.17, 15) is 9.90 Å². The molecule has 134 valence electrons. The first kappa shape index (κ1) is 18.6. The number of carbonyl (C=O) groups excluding carboxylic acids is 1. The van der Waals surface area contributed by atoms with Crippen LogP contribution in [0.1, 0.15) is 58.1 Å². The lowest BCUT2D eigenvalue weighted by Crippen LogP contribution is -2.52. The quantitative estimate of drug-likeness (QED) is 0.718. The molecule has 1 fully saturated rings. The molecule has 0 saturated carbocycles. The Hall–Kier alpha value is -1.75. The monoisotopic (exact) mass is 333 g/mol. The predicted molar refractivity (Wildman–Crippen MR) is 98.4 cm³/mol. The predicted octanol–water partition coefficient (Wildman–Crippen LogP) is 3.20. The number of nitrogens with zero attached hydrogens (tertiary/aromatic N) is 1. The van der Waals surface area contributed by atoms with Gasteiger partial charge in [-0.1, -0.05) is 25.5 Å². The van der Waals surface area contributed by atoms with Crippen LogP contribution in [-0.2, 0) is 0 Å². The number of hydrogen-bond donors (Lipinski definition) is 3. The standard InChI is InChI=1S/C19H31N3O2/c1-4-10-19(3,14-23)21-18(24)20-15(2)16-8-7-9-17(13-16)22-11-5-6-12-22/h7-9,13,15,23H,4-6,10-12,14H2,1-3H3,(H2,20,21,24). The van der Waals surface area contributed by atoms with E-state index in [4.69, 9.17) is 0 Å². The first-order chi connectivity index (χ1) is 11.5.